The molecule has 0 bridgehead atoms. The highest BCUT2D eigenvalue weighted by Gasteiger charge is 2.18. The Hall–Kier alpha value is -3.35. The molecule has 2 rings (SSSR count). The molecule has 0 aliphatic rings. The molecule has 30 heavy (non-hydrogen) atoms. The molecule has 0 aromatic heterocycles. The first-order chi connectivity index (χ1) is 14.1. The molecule has 0 fully saturated rings. The van der Waals surface area contributed by atoms with Gasteiger partial charge in [-0.05, 0) is 61.4 Å². The average molecular weight is 412 g/mol. The lowest BCUT2D eigenvalue weighted by Crippen LogP contribution is -2.46. The summed E-state index contributed by atoms with van der Waals surface area (Å²) in [6.45, 7) is 5.03. The summed E-state index contributed by atoms with van der Waals surface area (Å²) in [5, 5.41) is 4.81. The van der Waals surface area contributed by atoms with E-state index in [1.54, 1.807) is 13.2 Å². The number of esters is 1. The zero-order valence-corrected chi connectivity index (χ0v) is 18.0. The number of likely N-dealkylation sites (N-methyl/N-ethyl adjacent to an activating group) is 1. The number of nitrogens with one attached hydrogen (secondary N) is 1. The predicted octanol–water partition coefficient (Wildman–Crippen LogP) is 2.78. The smallest absolute Gasteiger partial charge is 0.331 e. The summed E-state index contributed by atoms with van der Waals surface area (Å²) in [5.41, 5.74) is 0.444. The van der Waals surface area contributed by atoms with E-state index in [0.29, 0.717) is 0 Å². The third kappa shape index (κ3) is 7.24. The van der Waals surface area contributed by atoms with Crippen molar-refractivity contribution >= 4 is 34.6 Å². The molecular formula is C23H28N2O5. The summed E-state index contributed by atoms with van der Waals surface area (Å²) in [6, 6.07) is 11.5. The molecule has 0 saturated carbocycles. The minimum Gasteiger partial charge on any atom is -0.497 e. The van der Waals surface area contributed by atoms with Gasteiger partial charge in [-0.2, -0.15) is 0 Å². The monoisotopic (exact) mass is 412 g/mol. The van der Waals surface area contributed by atoms with Crippen LogP contribution in [0.5, 0.6) is 5.75 Å². The van der Waals surface area contributed by atoms with Gasteiger partial charge < -0.3 is 19.7 Å². The first-order valence-electron chi connectivity index (χ1n) is 9.55. The van der Waals surface area contributed by atoms with E-state index in [2.05, 4.69) is 5.32 Å². The van der Waals surface area contributed by atoms with Crippen molar-refractivity contribution in [3.05, 3.63) is 48.0 Å². The van der Waals surface area contributed by atoms with Gasteiger partial charge in [0.15, 0.2) is 6.61 Å². The van der Waals surface area contributed by atoms with Crippen molar-refractivity contribution in [2.24, 2.45) is 0 Å². The van der Waals surface area contributed by atoms with Gasteiger partial charge in [-0.15, -0.1) is 0 Å². The number of methoxy groups -OCH3 is 1. The van der Waals surface area contributed by atoms with Crippen LogP contribution in [0.4, 0.5) is 0 Å². The van der Waals surface area contributed by atoms with E-state index < -0.39 is 18.5 Å². The van der Waals surface area contributed by atoms with Crippen LogP contribution in [0.2, 0.25) is 0 Å². The maximum Gasteiger partial charge on any atom is 0.331 e. The van der Waals surface area contributed by atoms with Crippen molar-refractivity contribution in [3.63, 3.8) is 0 Å². The van der Waals surface area contributed by atoms with Crippen molar-refractivity contribution in [2.75, 3.05) is 27.3 Å². The number of fused-ring (bicyclic) bond motifs is 1. The third-order valence-corrected chi connectivity index (χ3v) is 4.14. The van der Waals surface area contributed by atoms with Crippen molar-refractivity contribution in [1.29, 1.82) is 0 Å². The Morgan fingerprint density at radius 3 is 2.40 bits per heavy atom. The topological polar surface area (TPSA) is 84.9 Å². The summed E-state index contributed by atoms with van der Waals surface area (Å²) in [7, 11) is 3.10. The zero-order chi connectivity index (χ0) is 22.3. The molecule has 2 aromatic carbocycles. The van der Waals surface area contributed by atoms with E-state index in [-0.39, 0.29) is 18.0 Å². The maximum atomic E-state index is 12.1. The highest BCUT2D eigenvalue weighted by Crippen LogP contribution is 2.22. The number of hydrogen-bond acceptors (Lipinski definition) is 5. The number of carbonyl (C=O) groups excluding carboxylic acids is 3. The van der Waals surface area contributed by atoms with Crippen LogP contribution in [0.25, 0.3) is 16.8 Å². The van der Waals surface area contributed by atoms with E-state index in [1.807, 2.05) is 57.2 Å². The first-order valence-corrected chi connectivity index (χ1v) is 9.55. The van der Waals surface area contributed by atoms with E-state index in [9.17, 15) is 14.4 Å². The molecule has 0 aliphatic heterocycles. The number of nitrogens with zero attached hydrogens (tertiary/aromatic N) is 1. The van der Waals surface area contributed by atoms with Crippen LogP contribution in [0.15, 0.2) is 42.5 Å². The second-order valence-electron chi connectivity index (χ2n) is 7.96. The average Bonchev–Trinajstić information content (AvgIpc) is 2.68. The summed E-state index contributed by atoms with van der Waals surface area (Å²) >= 11 is 0. The molecule has 7 heteroatoms. The molecule has 0 radical (unpaired) electrons. The van der Waals surface area contributed by atoms with Gasteiger partial charge in [-0.25, -0.2) is 4.79 Å². The Balaban J connectivity index is 1.86. The Morgan fingerprint density at radius 1 is 1.07 bits per heavy atom. The molecule has 7 nitrogen and oxygen atoms in total. The fourth-order valence-corrected chi connectivity index (χ4v) is 2.69. The quantitative estimate of drug-likeness (QED) is 0.558. The number of ether oxygens (including phenoxy) is 2. The van der Waals surface area contributed by atoms with Crippen molar-refractivity contribution in [1.82, 2.24) is 10.2 Å². The van der Waals surface area contributed by atoms with Crippen LogP contribution >= 0.6 is 0 Å². The van der Waals surface area contributed by atoms with Crippen molar-refractivity contribution in [3.8, 4) is 5.75 Å². The van der Waals surface area contributed by atoms with Gasteiger partial charge in [0.05, 0.1) is 13.7 Å². The lowest BCUT2D eigenvalue weighted by Gasteiger charge is -2.23. The van der Waals surface area contributed by atoms with Crippen LogP contribution in [-0.2, 0) is 19.1 Å². The molecule has 2 amide bonds. The van der Waals surface area contributed by atoms with Crippen molar-refractivity contribution < 1.29 is 23.9 Å². The molecule has 0 spiro atoms. The number of rotatable bonds is 7. The van der Waals surface area contributed by atoms with Crippen LogP contribution in [-0.4, -0.2) is 55.5 Å². The molecule has 0 unspecified atom stereocenters. The highest BCUT2D eigenvalue weighted by molar-refractivity contribution is 5.92. The second kappa shape index (κ2) is 9.91. The minimum absolute atomic E-state index is 0.106. The van der Waals surface area contributed by atoms with Crippen LogP contribution < -0.4 is 10.1 Å². The highest BCUT2D eigenvalue weighted by atomic mass is 16.5. The zero-order valence-electron chi connectivity index (χ0n) is 18.0. The molecule has 2 aromatic rings. The van der Waals surface area contributed by atoms with E-state index >= 15 is 0 Å². The van der Waals surface area contributed by atoms with E-state index in [4.69, 9.17) is 9.47 Å². The summed E-state index contributed by atoms with van der Waals surface area (Å²) in [4.78, 5) is 37.1. The van der Waals surface area contributed by atoms with Crippen LogP contribution in [0, 0.1) is 0 Å². The number of amides is 2. The molecule has 160 valence electrons. The molecule has 0 heterocycles. The Kier molecular flexibility index (Phi) is 7.58. The van der Waals surface area contributed by atoms with Gasteiger partial charge >= 0.3 is 5.97 Å². The van der Waals surface area contributed by atoms with Crippen LogP contribution in [0.3, 0.4) is 0 Å². The Morgan fingerprint density at radius 2 is 1.73 bits per heavy atom. The second-order valence-corrected chi connectivity index (χ2v) is 7.96. The molecule has 0 aliphatic carbocycles. The normalized spacial score (nSPS) is 11.4. The number of hydrogen-bond donors (Lipinski definition) is 1. The largest absolute Gasteiger partial charge is 0.497 e. The van der Waals surface area contributed by atoms with Gasteiger partial charge in [-0.3, -0.25) is 9.59 Å². The fourth-order valence-electron chi connectivity index (χ4n) is 2.69. The van der Waals surface area contributed by atoms with Gasteiger partial charge in [0.1, 0.15) is 5.75 Å². The molecule has 0 saturated heterocycles. The Labute approximate surface area is 176 Å². The molecule has 0 atom stereocenters. The summed E-state index contributed by atoms with van der Waals surface area (Å²) in [5.74, 6) is -0.593. The van der Waals surface area contributed by atoms with Gasteiger partial charge in [0, 0.05) is 18.7 Å². The third-order valence-electron chi connectivity index (χ3n) is 4.14. The Bertz CT molecular complexity index is 960. The maximum absolute atomic E-state index is 12.1. The molecular weight excluding hydrogens is 384 g/mol. The van der Waals surface area contributed by atoms with Gasteiger partial charge in [0.25, 0.3) is 5.91 Å². The lowest BCUT2D eigenvalue weighted by atomic mass is 10.1. The standard InChI is InChI=1S/C23H28N2O5/c1-23(2,3)24-20(26)14-25(4)21(27)15-30-22(28)11-7-16-6-8-18-13-19(29-5)10-9-17(18)12-16/h6-13H,14-15H2,1-5H3,(H,24,26)/b11-7+. The SMILES string of the molecule is COc1ccc2cc(/C=C/C(=O)OCC(=O)N(C)CC(=O)NC(C)(C)C)ccc2c1. The van der Waals surface area contributed by atoms with Crippen molar-refractivity contribution in [2.45, 2.75) is 26.3 Å². The number of carbonyl (C=O) groups is 3. The lowest BCUT2D eigenvalue weighted by molar-refractivity contribution is -0.148. The summed E-state index contributed by atoms with van der Waals surface area (Å²) < 4.78 is 10.2. The van der Waals surface area contributed by atoms with Crippen LogP contribution in [0.1, 0.15) is 26.3 Å². The number of benzene rings is 2. The predicted molar refractivity (Wildman–Crippen MR) is 116 cm³/mol. The van der Waals surface area contributed by atoms with E-state index in [0.717, 1.165) is 22.1 Å². The minimum atomic E-state index is -0.634. The fraction of sp³-hybridized carbons (Fsp3) is 0.348. The van der Waals surface area contributed by atoms with Gasteiger partial charge in [-0.1, -0.05) is 18.2 Å². The van der Waals surface area contributed by atoms with Gasteiger partial charge in [0.2, 0.25) is 5.91 Å². The van der Waals surface area contributed by atoms with E-state index in [1.165, 1.54) is 18.0 Å². The summed E-state index contributed by atoms with van der Waals surface area (Å²) in [6.07, 6.45) is 2.89. The first kappa shape index (κ1) is 22.9. The molecule has 1 N–H and O–H groups in total.